The van der Waals surface area contributed by atoms with Crippen LogP contribution in [-0.2, 0) is 16.6 Å². The molecule has 2 aromatic rings. The summed E-state index contributed by atoms with van der Waals surface area (Å²) >= 11 is 0. The van der Waals surface area contributed by atoms with E-state index in [1.54, 1.807) is 6.92 Å². The first-order chi connectivity index (χ1) is 11.2. The molecule has 1 aromatic heterocycles. The number of benzene rings is 1. The number of aromatic amines is 1. The average molecular weight is 347 g/mol. The number of hydrogen-bond acceptors (Lipinski definition) is 4. The molecular formula is C16H17N3O4S. The van der Waals surface area contributed by atoms with Gasteiger partial charge in [-0.2, -0.15) is 0 Å². The number of hydrogen-bond donors (Lipinski definition) is 2. The molecular weight excluding hydrogens is 330 g/mol. The lowest BCUT2D eigenvalue weighted by molar-refractivity contribution is 0.557. The molecule has 0 aliphatic heterocycles. The van der Waals surface area contributed by atoms with E-state index in [0.29, 0.717) is 0 Å². The first kappa shape index (κ1) is 16.5. The van der Waals surface area contributed by atoms with Gasteiger partial charge in [-0.15, -0.1) is 6.42 Å². The van der Waals surface area contributed by atoms with E-state index in [4.69, 9.17) is 6.42 Å². The molecule has 2 N–H and O–H groups in total. The molecule has 0 saturated heterocycles. The highest BCUT2D eigenvalue weighted by Gasteiger charge is 2.41. The van der Waals surface area contributed by atoms with Crippen molar-refractivity contribution in [1.29, 1.82) is 0 Å². The zero-order chi connectivity index (χ0) is 17.7. The minimum absolute atomic E-state index is 0.0273. The second-order valence-corrected chi connectivity index (χ2v) is 7.95. The molecule has 0 amide bonds. The minimum Gasteiger partial charge on any atom is -0.307 e. The fourth-order valence-corrected chi connectivity index (χ4v) is 4.39. The summed E-state index contributed by atoms with van der Waals surface area (Å²) in [5, 5.41) is 0.147. The Morgan fingerprint density at radius 2 is 2.04 bits per heavy atom. The quantitative estimate of drug-likeness (QED) is 0.785. The van der Waals surface area contributed by atoms with Gasteiger partial charge < -0.3 is 4.98 Å². The van der Waals surface area contributed by atoms with Gasteiger partial charge in [0.25, 0.3) is 5.56 Å². The van der Waals surface area contributed by atoms with Crippen LogP contribution in [0.15, 0.2) is 26.6 Å². The predicted molar refractivity (Wildman–Crippen MR) is 90.4 cm³/mol. The molecule has 0 unspecified atom stereocenters. The van der Waals surface area contributed by atoms with Crippen molar-refractivity contribution in [2.24, 2.45) is 0 Å². The molecule has 1 aromatic carbocycles. The van der Waals surface area contributed by atoms with Crippen molar-refractivity contribution in [1.82, 2.24) is 14.3 Å². The fraction of sp³-hybridized carbons (Fsp3) is 0.375. The summed E-state index contributed by atoms with van der Waals surface area (Å²) in [7, 11) is -3.76. The topological polar surface area (TPSA) is 101 Å². The number of aryl methyl sites for hydroxylation is 1. The smallest absolute Gasteiger partial charge is 0.307 e. The van der Waals surface area contributed by atoms with Crippen molar-refractivity contribution in [3.8, 4) is 12.3 Å². The fourth-order valence-electron chi connectivity index (χ4n) is 2.68. The van der Waals surface area contributed by atoms with Crippen LogP contribution in [0.1, 0.15) is 25.3 Å². The summed E-state index contributed by atoms with van der Waals surface area (Å²) in [5.41, 5.74) is -1.07. The monoisotopic (exact) mass is 347 g/mol. The number of terminal acetylenes is 1. The largest absolute Gasteiger partial charge is 0.329 e. The standard InChI is InChI=1S/C16H17N3O4S/c1-4-9-19-14(20)13-10(2)12(6-5-11(13)17-15(19)21)24(22,23)18-16(3)7-8-16/h1,5-6,18H,7-9H2,2-3H3,(H,17,21). The lowest BCUT2D eigenvalue weighted by atomic mass is 10.1. The molecule has 3 rings (SSSR count). The van der Waals surface area contributed by atoms with Gasteiger partial charge in [-0.1, -0.05) is 5.92 Å². The number of fused-ring (bicyclic) bond motifs is 1. The first-order valence-corrected chi connectivity index (χ1v) is 8.91. The SMILES string of the molecule is C#CCn1c(=O)[nH]c2ccc(S(=O)(=O)NC3(C)CC3)c(C)c2c1=O. The second-order valence-electron chi connectivity index (χ2n) is 6.30. The van der Waals surface area contributed by atoms with Crippen LogP contribution in [0.3, 0.4) is 0 Å². The van der Waals surface area contributed by atoms with Crippen LogP contribution in [-0.4, -0.2) is 23.5 Å². The van der Waals surface area contributed by atoms with Gasteiger partial charge in [0.15, 0.2) is 0 Å². The van der Waals surface area contributed by atoms with Crippen molar-refractivity contribution < 1.29 is 8.42 Å². The van der Waals surface area contributed by atoms with Crippen molar-refractivity contribution in [2.45, 2.75) is 43.7 Å². The zero-order valence-electron chi connectivity index (χ0n) is 13.3. The Morgan fingerprint density at radius 3 is 2.62 bits per heavy atom. The van der Waals surface area contributed by atoms with Gasteiger partial charge in [-0.3, -0.25) is 4.79 Å². The van der Waals surface area contributed by atoms with Crippen LogP contribution in [0.2, 0.25) is 0 Å². The van der Waals surface area contributed by atoms with E-state index in [1.165, 1.54) is 12.1 Å². The highest BCUT2D eigenvalue weighted by atomic mass is 32.2. The number of H-pyrrole nitrogens is 1. The number of nitrogens with one attached hydrogen (secondary N) is 2. The van der Waals surface area contributed by atoms with E-state index in [9.17, 15) is 18.0 Å². The second kappa shape index (κ2) is 5.33. The van der Waals surface area contributed by atoms with Crippen molar-refractivity contribution in [2.75, 3.05) is 0 Å². The van der Waals surface area contributed by atoms with E-state index in [0.717, 1.165) is 17.4 Å². The Hall–Kier alpha value is -2.37. The van der Waals surface area contributed by atoms with Gasteiger partial charge in [-0.05, 0) is 44.4 Å². The van der Waals surface area contributed by atoms with Gasteiger partial charge in [0.05, 0.1) is 22.3 Å². The highest BCUT2D eigenvalue weighted by Crippen LogP contribution is 2.36. The number of sulfonamides is 1. The number of nitrogens with zero attached hydrogens (tertiary/aromatic N) is 1. The highest BCUT2D eigenvalue weighted by molar-refractivity contribution is 7.89. The van der Waals surface area contributed by atoms with Crippen LogP contribution in [0.4, 0.5) is 0 Å². The van der Waals surface area contributed by atoms with Gasteiger partial charge >= 0.3 is 5.69 Å². The van der Waals surface area contributed by atoms with E-state index in [1.807, 2.05) is 6.92 Å². The van der Waals surface area contributed by atoms with Crippen molar-refractivity contribution in [3.63, 3.8) is 0 Å². The van der Waals surface area contributed by atoms with Crippen LogP contribution in [0, 0.1) is 19.3 Å². The van der Waals surface area contributed by atoms with Crippen LogP contribution >= 0.6 is 0 Å². The van der Waals surface area contributed by atoms with Crippen LogP contribution in [0.5, 0.6) is 0 Å². The van der Waals surface area contributed by atoms with Gasteiger partial charge in [0.2, 0.25) is 10.0 Å². The summed E-state index contributed by atoms with van der Waals surface area (Å²) in [6.07, 6.45) is 6.75. The molecule has 1 fully saturated rings. The minimum atomic E-state index is -3.76. The van der Waals surface area contributed by atoms with Crippen molar-refractivity contribution >= 4 is 20.9 Å². The Balaban J connectivity index is 2.26. The van der Waals surface area contributed by atoms with E-state index in [2.05, 4.69) is 15.6 Å². The normalized spacial score (nSPS) is 16.0. The van der Waals surface area contributed by atoms with E-state index >= 15 is 0 Å². The Morgan fingerprint density at radius 1 is 1.38 bits per heavy atom. The van der Waals surface area contributed by atoms with Gasteiger partial charge in [-0.25, -0.2) is 22.5 Å². The number of rotatable bonds is 4. The van der Waals surface area contributed by atoms with Gasteiger partial charge in [0.1, 0.15) is 0 Å². The Bertz CT molecular complexity index is 1100. The molecule has 126 valence electrons. The number of aromatic nitrogens is 2. The third kappa shape index (κ3) is 2.66. The summed E-state index contributed by atoms with van der Waals surface area (Å²) in [4.78, 5) is 27.1. The van der Waals surface area contributed by atoms with Crippen molar-refractivity contribution in [3.05, 3.63) is 38.5 Å². The molecule has 0 radical (unpaired) electrons. The van der Waals surface area contributed by atoms with Crippen LogP contribution < -0.4 is 16.0 Å². The van der Waals surface area contributed by atoms with Crippen LogP contribution in [0.25, 0.3) is 10.9 Å². The third-order valence-electron chi connectivity index (χ3n) is 4.28. The third-order valence-corrected chi connectivity index (χ3v) is 6.06. The molecule has 1 heterocycles. The molecule has 1 aliphatic carbocycles. The zero-order valence-corrected chi connectivity index (χ0v) is 14.2. The molecule has 0 atom stereocenters. The molecule has 1 aliphatic rings. The molecule has 7 nitrogen and oxygen atoms in total. The lowest BCUT2D eigenvalue weighted by Crippen LogP contribution is -2.36. The maximum absolute atomic E-state index is 12.6. The Kier molecular flexibility index (Phi) is 3.66. The maximum atomic E-state index is 12.6. The maximum Gasteiger partial charge on any atom is 0.329 e. The average Bonchev–Trinajstić information content (AvgIpc) is 3.19. The molecule has 1 saturated carbocycles. The summed E-state index contributed by atoms with van der Waals surface area (Å²) in [6.45, 7) is 3.20. The predicted octanol–water partition coefficient (Wildman–Crippen LogP) is 0.462. The summed E-state index contributed by atoms with van der Waals surface area (Å²) < 4.78 is 28.8. The van der Waals surface area contributed by atoms with Gasteiger partial charge in [0, 0.05) is 5.54 Å². The molecule has 8 heteroatoms. The van der Waals surface area contributed by atoms with E-state index in [-0.39, 0.29) is 27.9 Å². The molecule has 0 spiro atoms. The first-order valence-electron chi connectivity index (χ1n) is 7.42. The molecule has 24 heavy (non-hydrogen) atoms. The lowest BCUT2D eigenvalue weighted by Gasteiger charge is -2.15. The molecule has 0 bridgehead atoms. The Labute approximate surface area is 138 Å². The van der Waals surface area contributed by atoms with E-state index < -0.39 is 26.8 Å². The summed E-state index contributed by atoms with van der Waals surface area (Å²) in [6, 6.07) is 2.82. The summed E-state index contributed by atoms with van der Waals surface area (Å²) in [5.74, 6) is 2.25.